The summed E-state index contributed by atoms with van der Waals surface area (Å²) in [4.78, 5) is 30.0. The number of nitrogens with zero attached hydrogens (tertiary/aromatic N) is 6. The van der Waals surface area contributed by atoms with Crippen LogP contribution in [0.15, 0.2) is 35.6 Å². The summed E-state index contributed by atoms with van der Waals surface area (Å²) < 4.78 is 102. The highest BCUT2D eigenvalue weighted by Crippen LogP contribution is 2.49. The fraction of sp³-hybridized carbons (Fsp3) is 0.520. The first-order valence-corrected chi connectivity index (χ1v) is 14.6. The van der Waals surface area contributed by atoms with Crippen molar-refractivity contribution in [2.45, 2.75) is 60.7 Å². The lowest BCUT2D eigenvalue weighted by Crippen LogP contribution is -2.68. The minimum atomic E-state index is -5.49. The second kappa shape index (κ2) is 9.76. The molecule has 12 nitrogen and oxygen atoms in total. The highest BCUT2D eigenvalue weighted by atomic mass is 32.2. The zero-order chi connectivity index (χ0) is 31.0. The van der Waals surface area contributed by atoms with E-state index in [-0.39, 0.29) is 54.1 Å². The van der Waals surface area contributed by atoms with E-state index in [4.69, 9.17) is 10.5 Å². The molecule has 3 aliphatic heterocycles. The number of aromatic nitrogens is 4. The van der Waals surface area contributed by atoms with E-state index in [1.807, 2.05) is 0 Å². The molecule has 2 N–H and O–H groups in total. The minimum Gasteiger partial charge on any atom is -0.372 e. The number of nitrogens with two attached hydrogens (primary N) is 1. The van der Waals surface area contributed by atoms with Crippen LogP contribution in [-0.4, -0.2) is 92.6 Å². The SMILES string of the molecule is Cc1ccc(S(=O)(=O)N(OC(=O)C(F)(F)F)C23CCC(CN4CC(F)(F)C4)(CC2)OC3)cc1-c1cn2c(N)ncnc2n1. The number of likely N-dealkylation sites (tertiary alicyclic amines) is 1. The molecule has 7 rings (SSSR count). The Labute approximate surface area is 241 Å². The second-order valence-corrected chi connectivity index (χ2v) is 13.1. The Balaban J connectivity index is 1.34. The molecule has 18 heteroatoms. The van der Waals surface area contributed by atoms with Crippen LogP contribution in [0, 0.1) is 6.92 Å². The third kappa shape index (κ3) is 5.19. The van der Waals surface area contributed by atoms with Crippen LogP contribution in [-0.2, 0) is 24.4 Å². The topological polar surface area (TPSA) is 145 Å². The van der Waals surface area contributed by atoms with Gasteiger partial charge in [-0.2, -0.15) is 13.2 Å². The summed E-state index contributed by atoms with van der Waals surface area (Å²) in [6, 6.07) is 3.83. The average molecular weight is 632 g/mol. The number of hydrogen-bond donors (Lipinski definition) is 1. The maximum atomic E-state index is 14.0. The number of hydroxylamine groups is 1. The Morgan fingerprint density at radius 2 is 1.86 bits per heavy atom. The number of anilines is 1. The molecule has 3 saturated heterocycles. The lowest BCUT2D eigenvalue weighted by atomic mass is 9.71. The molecule has 2 aromatic heterocycles. The summed E-state index contributed by atoms with van der Waals surface area (Å²) in [6.07, 6.45) is -2.54. The van der Waals surface area contributed by atoms with E-state index in [1.165, 1.54) is 40.0 Å². The predicted octanol–water partition coefficient (Wildman–Crippen LogP) is 2.73. The molecule has 43 heavy (non-hydrogen) atoms. The van der Waals surface area contributed by atoms with Gasteiger partial charge >= 0.3 is 12.1 Å². The zero-order valence-corrected chi connectivity index (χ0v) is 23.5. The number of ether oxygens (including phenoxy) is 1. The lowest BCUT2D eigenvalue weighted by molar-refractivity contribution is -0.270. The van der Waals surface area contributed by atoms with Gasteiger partial charge in [0.1, 0.15) is 6.33 Å². The van der Waals surface area contributed by atoms with E-state index in [2.05, 4.69) is 19.8 Å². The number of carbonyl (C=O) groups excluding carboxylic acids is 1. The first-order chi connectivity index (χ1) is 20.0. The third-order valence-corrected chi connectivity index (χ3v) is 9.99. The molecular weight excluding hydrogens is 605 g/mol. The summed E-state index contributed by atoms with van der Waals surface area (Å²) in [5.41, 5.74) is 4.48. The van der Waals surface area contributed by atoms with Crippen molar-refractivity contribution < 1.29 is 44.7 Å². The normalized spacial score (nSPS) is 25.7. The fourth-order valence-electron chi connectivity index (χ4n) is 5.94. The number of hydrogen-bond acceptors (Lipinski definition) is 10. The Hall–Kier alpha value is -3.48. The first-order valence-electron chi connectivity index (χ1n) is 13.2. The molecule has 2 bridgehead atoms. The van der Waals surface area contributed by atoms with Crippen molar-refractivity contribution in [2.24, 2.45) is 0 Å². The van der Waals surface area contributed by atoms with Gasteiger partial charge in [0.25, 0.3) is 15.9 Å². The van der Waals surface area contributed by atoms with E-state index in [0.717, 1.165) is 0 Å². The highest BCUT2D eigenvalue weighted by Gasteiger charge is 2.60. The Bertz CT molecular complexity index is 1680. The Morgan fingerprint density at radius 1 is 1.16 bits per heavy atom. The standard InChI is InChI=1S/C25H26F5N7O5S/c1-15-2-3-16(8-17(15)18-9-36-20(31)32-14-33-21(36)34-18)43(39,40)37(42-19(38)25(28,29)30)22-4-6-23(7-5-22,41-13-22)10-35-11-24(26,27)12-35/h2-3,8-9,14H,4-7,10-13H2,1H3,(H2,31,32,33,34). The largest absolute Gasteiger partial charge is 0.492 e. The molecule has 1 aromatic carbocycles. The molecule has 4 aliphatic rings. The molecule has 0 radical (unpaired) electrons. The van der Waals surface area contributed by atoms with Crippen molar-refractivity contribution >= 4 is 27.7 Å². The smallest absolute Gasteiger partial charge is 0.372 e. The van der Waals surface area contributed by atoms with Gasteiger partial charge in [0.05, 0.1) is 41.4 Å². The third-order valence-electron chi connectivity index (χ3n) is 8.24. The van der Waals surface area contributed by atoms with Crippen molar-refractivity contribution in [2.75, 3.05) is 32.0 Å². The number of halogens is 5. The number of nitrogen functional groups attached to an aromatic ring is 1. The number of alkyl halides is 5. The van der Waals surface area contributed by atoms with Gasteiger partial charge in [-0.05, 0) is 54.8 Å². The van der Waals surface area contributed by atoms with Gasteiger partial charge in [-0.15, -0.1) is 0 Å². The lowest BCUT2D eigenvalue weighted by Gasteiger charge is -2.56. The molecule has 1 saturated carbocycles. The maximum absolute atomic E-state index is 14.0. The molecule has 0 atom stereocenters. The Kier molecular flexibility index (Phi) is 6.72. The van der Waals surface area contributed by atoms with E-state index < -0.39 is 63.8 Å². The van der Waals surface area contributed by atoms with Gasteiger partial charge in [0, 0.05) is 18.3 Å². The van der Waals surface area contributed by atoms with Crippen LogP contribution in [0.2, 0.25) is 0 Å². The van der Waals surface area contributed by atoms with Crippen LogP contribution in [0.4, 0.5) is 27.9 Å². The molecule has 0 spiro atoms. The van der Waals surface area contributed by atoms with Crippen LogP contribution >= 0.6 is 0 Å². The number of carbonyl (C=O) groups is 1. The number of sulfonamides is 1. The molecule has 4 fully saturated rings. The minimum absolute atomic E-state index is 0.0231. The summed E-state index contributed by atoms with van der Waals surface area (Å²) >= 11 is 0. The Morgan fingerprint density at radius 3 is 2.44 bits per heavy atom. The number of imidazole rings is 1. The van der Waals surface area contributed by atoms with Crippen LogP contribution in [0.1, 0.15) is 31.2 Å². The van der Waals surface area contributed by atoms with Crippen molar-refractivity contribution in [1.82, 2.24) is 28.7 Å². The first kappa shape index (κ1) is 29.6. The van der Waals surface area contributed by atoms with Crippen LogP contribution in [0.25, 0.3) is 17.0 Å². The number of fused-ring (bicyclic) bond motifs is 4. The number of benzene rings is 1. The van der Waals surface area contributed by atoms with E-state index in [1.54, 1.807) is 6.92 Å². The average Bonchev–Trinajstić information content (AvgIpc) is 3.36. The highest BCUT2D eigenvalue weighted by molar-refractivity contribution is 7.89. The van der Waals surface area contributed by atoms with Crippen molar-refractivity contribution in [3.63, 3.8) is 0 Å². The number of rotatable bonds is 7. The van der Waals surface area contributed by atoms with Gasteiger partial charge in [0.2, 0.25) is 11.7 Å². The second-order valence-electron chi connectivity index (χ2n) is 11.3. The van der Waals surface area contributed by atoms with Gasteiger partial charge in [-0.1, -0.05) is 6.07 Å². The quantitative estimate of drug-likeness (QED) is 0.305. The molecule has 0 unspecified atom stereocenters. The van der Waals surface area contributed by atoms with Crippen molar-refractivity contribution in [1.29, 1.82) is 0 Å². The van der Waals surface area contributed by atoms with Crippen molar-refractivity contribution in [3.05, 3.63) is 36.3 Å². The number of aryl methyl sites for hydroxylation is 1. The van der Waals surface area contributed by atoms with E-state index >= 15 is 0 Å². The maximum Gasteiger partial charge on any atom is 0.492 e. The molecule has 0 amide bonds. The molecule has 3 aromatic rings. The summed E-state index contributed by atoms with van der Waals surface area (Å²) in [6.45, 7) is 0.574. The van der Waals surface area contributed by atoms with Crippen LogP contribution in [0.3, 0.4) is 0 Å². The fourth-order valence-corrected chi connectivity index (χ4v) is 7.55. The van der Waals surface area contributed by atoms with Crippen molar-refractivity contribution in [3.8, 4) is 11.3 Å². The molecule has 232 valence electrons. The summed E-state index contributed by atoms with van der Waals surface area (Å²) in [5.74, 6) is -5.25. The zero-order valence-electron chi connectivity index (χ0n) is 22.6. The van der Waals surface area contributed by atoms with Gasteiger partial charge < -0.3 is 15.3 Å². The van der Waals surface area contributed by atoms with Gasteiger partial charge in [-0.3, -0.25) is 9.30 Å². The summed E-state index contributed by atoms with van der Waals surface area (Å²) in [7, 11) is -4.93. The summed E-state index contributed by atoms with van der Waals surface area (Å²) in [5, 5.41) is 0. The van der Waals surface area contributed by atoms with E-state index in [9.17, 15) is 35.2 Å². The van der Waals surface area contributed by atoms with Gasteiger partial charge in [0.15, 0.2) is 0 Å². The van der Waals surface area contributed by atoms with Gasteiger partial charge in [-0.25, -0.2) is 36.9 Å². The predicted molar refractivity (Wildman–Crippen MR) is 138 cm³/mol. The van der Waals surface area contributed by atoms with Crippen LogP contribution < -0.4 is 5.73 Å². The molecule has 5 heterocycles. The monoisotopic (exact) mass is 631 g/mol. The molecular formula is C25H26F5N7O5S. The molecule has 1 aliphatic carbocycles. The van der Waals surface area contributed by atoms with Crippen LogP contribution in [0.5, 0.6) is 0 Å². The van der Waals surface area contributed by atoms with E-state index in [0.29, 0.717) is 11.1 Å².